The van der Waals surface area contributed by atoms with Gasteiger partial charge in [-0.15, -0.1) is 11.8 Å². The Balaban J connectivity index is 2.34. The Bertz CT molecular complexity index is 451. The molecule has 1 aromatic carbocycles. The van der Waals surface area contributed by atoms with Gasteiger partial charge in [0.2, 0.25) is 0 Å². The van der Waals surface area contributed by atoms with Crippen LogP contribution in [0, 0.1) is 0 Å². The van der Waals surface area contributed by atoms with Crippen LogP contribution in [-0.4, -0.2) is 21.9 Å². The Hall–Kier alpha value is -1.06. The minimum absolute atomic E-state index is 0.283. The third-order valence-electron chi connectivity index (χ3n) is 2.08. The topological polar surface area (TPSA) is 33.1 Å². The van der Waals surface area contributed by atoms with E-state index in [2.05, 4.69) is 17.1 Å². The summed E-state index contributed by atoms with van der Waals surface area (Å²) in [5.74, 6) is 0.704. The fourth-order valence-electron chi connectivity index (χ4n) is 1.40. The van der Waals surface area contributed by atoms with E-state index < -0.39 is 0 Å². The van der Waals surface area contributed by atoms with Crippen LogP contribution in [0.25, 0.3) is 10.9 Å². The maximum absolute atomic E-state index is 9.24. The van der Waals surface area contributed by atoms with Crippen molar-refractivity contribution in [2.45, 2.75) is 17.9 Å². The van der Waals surface area contributed by atoms with Gasteiger partial charge in [0.05, 0.1) is 11.6 Å². The van der Waals surface area contributed by atoms with Crippen LogP contribution >= 0.6 is 11.8 Å². The lowest BCUT2D eigenvalue weighted by Crippen LogP contribution is -2.02. The summed E-state index contributed by atoms with van der Waals surface area (Å²) in [6, 6.07) is 10.1. The maximum Gasteiger partial charge on any atom is 0.0837 e. The second-order valence-corrected chi connectivity index (χ2v) is 4.55. The third kappa shape index (κ3) is 2.49. The van der Waals surface area contributed by atoms with Crippen molar-refractivity contribution >= 4 is 22.7 Å². The number of hydrogen-bond acceptors (Lipinski definition) is 3. The number of thioether (sulfide) groups is 1. The summed E-state index contributed by atoms with van der Waals surface area (Å²) < 4.78 is 0. The molecule has 0 fully saturated rings. The van der Waals surface area contributed by atoms with Gasteiger partial charge >= 0.3 is 0 Å². The molecule has 1 N–H and O–H groups in total. The molecule has 0 saturated carbocycles. The minimum Gasteiger partial charge on any atom is -0.393 e. The highest BCUT2D eigenvalue weighted by atomic mass is 32.2. The summed E-state index contributed by atoms with van der Waals surface area (Å²) in [4.78, 5) is 5.49. The molecule has 1 aromatic heterocycles. The Morgan fingerprint density at radius 1 is 1.33 bits per heavy atom. The number of para-hydroxylation sites is 1. The van der Waals surface area contributed by atoms with Crippen molar-refractivity contribution < 1.29 is 5.11 Å². The summed E-state index contributed by atoms with van der Waals surface area (Å²) in [6.45, 7) is 1.80. The predicted octanol–water partition coefficient (Wildman–Crippen LogP) is 2.71. The lowest BCUT2D eigenvalue weighted by molar-refractivity contribution is 0.220. The zero-order chi connectivity index (χ0) is 10.7. The maximum atomic E-state index is 9.24. The van der Waals surface area contributed by atoms with Crippen molar-refractivity contribution in [3.63, 3.8) is 0 Å². The highest BCUT2D eigenvalue weighted by molar-refractivity contribution is 7.99. The number of rotatable bonds is 3. The van der Waals surface area contributed by atoms with E-state index in [1.807, 2.05) is 18.2 Å². The van der Waals surface area contributed by atoms with E-state index in [4.69, 9.17) is 0 Å². The number of aliphatic hydroxyl groups is 1. The molecule has 1 unspecified atom stereocenters. The zero-order valence-corrected chi connectivity index (χ0v) is 9.37. The number of fused-ring (bicyclic) bond motifs is 1. The van der Waals surface area contributed by atoms with Crippen LogP contribution in [0.3, 0.4) is 0 Å². The van der Waals surface area contributed by atoms with E-state index >= 15 is 0 Å². The molecule has 1 heterocycles. The molecule has 0 saturated heterocycles. The fourth-order valence-corrected chi connectivity index (χ4v) is 2.31. The molecule has 2 rings (SSSR count). The Labute approximate surface area is 93.3 Å². The molecule has 2 aromatic rings. The highest BCUT2D eigenvalue weighted by Crippen LogP contribution is 2.26. The number of benzene rings is 1. The first kappa shape index (κ1) is 10.5. The number of pyridine rings is 1. The monoisotopic (exact) mass is 219 g/mol. The van der Waals surface area contributed by atoms with Crippen LogP contribution in [0.15, 0.2) is 41.4 Å². The molecular formula is C12H13NOS. The quantitative estimate of drug-likeness (QED) is 0.806. The fraction of sp³-hybridized carbons (Fsp3) is 0.250. The van der Waals surface area contributed by atoms with Gasteiger partial charge in [-0.05, 0) is 19.1 Å². The molecule has 0 radical (unpaired) electrons. The Morgan fingerprint density at radius 2 is 2.13 bits per heavy atom. The van der Waals surface area contributed by atoms with Crippen LogP contribution in [0.5, 0.6) is 0 Å². The minimum atomic E-state index is -0.283. The summed E-state index contributed by atoms with van der Waals surface area (Å²) in [5.41, 5.74) is 1.02. The number of hydrogen-bond donors (Lipinski definition) is 1. The lowest BCUT2D eigenvalue weighted by Gasteiger charge is -2.06. The van der Waals surface area contributed by atoms with Gasteiger partial charge in [0.15, 0.2) is 0 Å². The van der Waals surface area contributed by atoms with Crippen LogP contribution in [0.2, 0.25) is 0 Å². The molecule has 2 nitrogen and oxygen atoms in total. The summed E-state index contributed by atoms with van der Waals surface area (Å²) in [5, 5.41) is 10.4. The van der Waals surface area contributed by atoms with Gasteiger partial charge in [-0.2, -0.15) is 0 Å². The molecular weight excluding hydrogens is 206 g/mol. The summed E-state index contributed by atoms with van der Waals surface area (Å²) in [6.07, 6.45) is 1.52. The van der Waals surface area contributed by atoms with Crippen molar-refractivity contribution in [2.75, 3.05) is 5.75 Å². The van der Waals surface area contributed by atoms with E-state index in [1.165, 1.54) is 0 Å². The first-order chi connectivity index (χ1) is 7.27. The third-order valence-corrected chi connectivity index (χ3v) is 3.37. The lowest BCUT2D eigenvalue weighted by atomic mass is 10.2. The van der Waals surface area contributed by atoms with Gasteiger partial charge in [-0.3, -0.25) is 4.98 Å². The molecule has 0 amide bonds. The zero-order valence-electron chi connectivity index (χ0n) is 8.55. The Morgan fingerprint density at radius 3 is 2.93 bits per heavy atom. The van der Waals surface area contributed by atoms with Crippen LogP contribution in [-0.2, 0) is 0 Å². The highest BCUT2D eigenvalue weighted by Gasteiger charge is 2.03. The molecule has 1 atom stereocenters. The van der Waals surface area contributed by atoms with Crippen LogP contribution < -0.4 is 0 Å². The standard InChI is InChI=1S/C12H13NOS/c1-9(14)8-15-11-6-2-4-10-5-3-7-13-12(10)11/h2-7,9,14H,8H2,1H3. The first-order valence-electron chi connectivity index (χ1n) is 4.92. The molecule has 0 aliphatic carbocycles. The number of aliphatic hydroxyl groups excluding tert-OH is 1. The van der Waals surface area contributed by atoms with E-state index in [-0.39, 0.29) is 6.10 Å². The average Bonchev–Trinajstić information content (AvgIpc) is 2.26. The van der Waals surface area contributed by atoms with Gasteiger partial charge in [0.25, 0.3) is 0 Å². The van der Waals surface area contributed by atoms with Crippen LogP contribution in [0.4, 0.5) is 0 Å². The van der Waals surface area contributed by atoms with Crippen molar-refractivity contribution in [1.82, 2.24) is 4.98 Å². The molecule has 0 aliphatic heterocycles. The van der Waals surface area contributed by atoms with E-state index in [0.29, 0.717) is 5.75 Å². The molecule has 0 spiro atoms. The summed E-state index contributed by atoms with van der Waals surface area (Å²) in [7, 11) is 0. The second kappa shape index (κ2) is 4.64. The van der Waals surface area contributed by atoms with Crippen molar-refractivity contribution in [3.8, 4) is 0 Å². The van der Waals surface area contributed by atoms with E-state index in [0.717, 1.165) is 15.8 Å². The first-order valence-corrected chi connectivity index (χ1v) is 5.90. The molecule has 15 heavy (non-hydrogen) atoms. The smallest absolute Gasteiger partial charge is 0.0837 e. The molecule has 0 aliphatic rings. The summed E-state index contributed by atoms with van der Waals surface area (Å²) >= 11 is 1.65. The Kier molecular flexibility index (Phi) is 3.23. The molecule has 0 bridgehead atoms. The number of aromatic nitrogens is 1. The van der Waals surface area contributed by atoms with Gasteiger partial charge in [0.1, 0.15) is 0 Å². The van der Waals surface area contributed by atoms with Crippen molar-refractivity contribution in [3.05, 3.63) is 36.5 Å². The average molecular weight is 219 g/mol. The van der Waals surface area contributed by atoms with Crippen molar-refractivity contribution in [1.29, 1.82) is 0 Å². The van der Waals surface area contributed by atoms with Gasteiger partial charge < -0.3 is 5.11 Å². The van der Waals surface area contributed by atoms with Gasteiger partial charge in [0, 0.05) is 22.2 Å². The van der Waals surface area contributed by atoms with Crippen molar-refractivity contribution in [2.24, 2.45) is 0 Å². The normalized spacial score (nSPS) is 12.9. The largest absolute Gasteiger partial charge is 0.393 e. The van der Waals surface area contributed by atoms with E-state index in [1.54, 1.807) is 24.9 Å². The van der Waals surface area contributed by atoms with Gasteiger partial charge in [-0.1, -0.05) is 18.2 Å². The number of nitrogens with zero attached hydrogens (tertiary/aromatic N) is 1. The van der Waals surface area contributed by atoms with Gasteiger partial charge in [-0.25, -0.2) is 0 Å². The molecule has 78 valence electrons. The SMILES string of the molecule is CC(O)CSc1cccc2cccnc12. The second-order valence-electron chi connectivity index (χ2n) is 3.49. The predicted molar refractivity (Wildman–Crippen MR) is 64.1 cm³/mol. The molecule has 3 heteroatoms. The van der Waals surface area contributed by atoms with E-state index in [9.17, 15) is 5.11 Å². The van der Waals surface area contributed by atoms with Crippen LogP contribution in [0.1, 0.15) is 6.92 Å².